The van der Waals surface area contributed by atoms with Crippen LogP contribution in [-0.4, -0.2) is 37.9 Å². The maximum Gasteiger partial charge on any atom is 0.193 e. The predicted molar refractivity (Wildman–Crippen MR) is 120 cm³/mol. The van der Waals surface area contributed by atoms with Gasteiger partial charge in [-0.2, -0.15) is 0 Å². The zero-order valence-electron chi connectivity index (χ0n) is 18.1. The van der Waals surface area contributed by atoms with Crippen LogP contribution < -0.4 is 19.7 Å². The largest absolute Gasteiger partial charge is 0.497 e. The second kappa shape index (κ2) is 7.52. The van der Waals surface area contributed by atoms with Crippen LogP contribution in [0.1, 0.15) is 26.3 Å². The van der Waals surface area contributed by atoms with Gasteiger partial charge in [-0.1, -0.05) is 18.2 Å². The highest BCUT2D eigenvalue weighted by Gasteiger charge is 2.50. The Morgan fingerprint density at radius 2 is 1.77 bits per heavy atom. The molecule has 2 aromatic carbocycles. The summed E-state index contributed by atoms with van der Waals surface area (Å²) in [6.07, 6.45) is 0.686. The Bertz CT molecular complexity index is 1020. The lowest BCUT2D eigenvalue weighted by Crippen LogP contribution is -2.44. The first-order valence-electron chi connectivity index (χ1n) is 10.1. The van der Waals surface area contributed by atoms with Crippen LogP contribution >= 0.6 is 0 Å². The minimum Gasteiger partial charge on any atom is -0.497 e. The van der Waals surface area contributed by atoms with Gasteiger partial charge in [0.15, 0.2) is 5.78 Å². The zero-order valence-corrected chi connectivity index (χ0v) is 18.1. The summed E-state index contributed by atoms with van der Waals surface area (Å²) >= 11 is 0. The Hall–Kier alpha value is -3.28. The lowest BCUT2D eigenvalue weighted by molar-refractivity contribution is -0.118. The molecule has 0 amide bonds. The zero-order chi connectivity index (χ0) is 21.5. The van der Waals surface area contributed by atoms with E-state index in [0.717, 1.165) is 17.1 Å². The van der Waals surface area contributed by atoms with Gasteiger partial charge in [-0.15, -0.1) is 0 Å². The van der Waals surface area contributed by atoms with E-state index in [1.165, 1.54) is 5.56 Å². The van der Waals surface area contributed by atoms with Crippen LogP contribution in [0.15, 0.2) is 58.7 Å². The Morgan fingerprint density at radius 3 is 2.37 bits per heavy atom. The van der Waals surface area contributed by atoms with Crippen molar-refractivity contribution in [2.24, 2.45) is 4.99 Å². The maximum atomic E-state index is 13.7. The topological polar surface area (TPSA) is 63.2 Å². The second-order valence-electron chi connectivity index (χ2n) is 7.90. The Kier molecular flexibility index (Phi) is 5.02. The number of hydrogen-bond acceptors (Lipinski definition) is 5. The number of nitrogens with one attached hydrogen (secondary N) is 1. The van der Waals surface area contributed by atoms with Gasteiger partial charge in [0.05, 0.1) is 25.5 Å². The number of aliphatic imine (C=N–C) groups is 1. The van der Waals surface area contributed by atoms with Gasteiger partial charge in [0.2, 0.25) is 0 Å². The Morgan fingerprint density at radius 1 is 1.10 bits per heavy atom. The fraction of sp³-hybridized carbons (Fsp3) is 0.333. The molecule has 1 saturated heterocycles. The molecular weight excluding hydrogens is 378 g/mol. The lowest BCUT2D eigenvalue weighted by Gasteiger charge is -2.32. The number of carbonyl (C=O) groups excluding carboxylic acids is 1. The molecule has 1 fully saturated rings. The van der Waals surface area contributed by atoms with Crippen molar-refractivity contribution in [1.82, 2.24) is 0 Å². The van der Waals surface area contributed by atoms with Gasteiger partial charge in [-0.3, -0.25) is 9.79 Å². The summed E-state index contributed by atoms with van der Waals surface area (Å²) in [5.41, 5.74) is 3.79. The number of allylic oxidation sites excluding steroid dienone is 1. The third-order valence-corrected chi connectivity index (χ3v) is 5.65. The first-order valence-corrected chi connectivity index (χ1v) is 10.1. The number of para-hydroxylation sites is 1. The normalized spacial score (nSPS) is 21.0. The molecule has 6 heteroatoms. The molecule has 30 heavy (non-hydrogen) atoms. The first-order chi connectivity index (χ1) is 14.4. The van der Waals surface area contributed by atoms with Gasteiger partial charge >= 0.3 is 0 Å². The average molecular weight is 405 g/mol. The standard InChI is InChI=1S/C24H27N3O3/c1-6-25-23-21(20-11-15-9-7-8-10-19(15)26-20)22(28)24(2,3)27(23)16-12-17(29-4)14-18(13-16)30-5/h7-10,12-14,26H,6,11H2,1-5H3. The van der Waals surface area contributed by atoms with Crippen molar-refractivity contribution in [1.29, 1.82) is 0 Å². The van der Waals surface area contributed by atoms with Crippen molar-refractivity contribution in [3.63, 3.8) is 0 Å². The van der Waals surface area contributed by atoms with E-state index in [2.05, 4.69) is 11.4 Å². The summed E-state index contributed by atoms with van der Waals surface area (Å²) in [4.78, 5) is 20.4. The molecule has 0 spiro atoms. The van der Waals surface area contributed by atoms with Gasteiger partial charge in [-0.25, -0.2) is 0 Å². The number of amidine groups is 1. The monoisotopic (exact) mass is 405 g/mol. The van der Waals surface area contributed by atoms with Crippen molar-refractivity contribution in [3.8, 4) is 11.5 Å². The quantitative estimate of drug-likeness (QED) is 0.772. The van der Waals surface area contributed by atoms with E-state index in [9.17, 15) is 4.79 Å². The molecule has 0 radical (unpaired) electrons. The SMILES string of the molecule is CCN=C1C(=C2Cc3ccccc3N2)C(=O)C(C)(C)N1c1cc(OC)cc(OC)c1. The fourth-order valence-electron chi connectivity index (χ4n) is 4.17. The number of Topliss-reactive ketones (excluding diaryl/α,β-unsaturated/α-hetero) is 1. The number of ketones is 1. The van der Waals surface area contributed by atoms with Crippen LogP contribution in [-0.2, 0) is 11.2 Å². The number of nitrogens with zero attached hydrogens (tertiary/aromatic N) is 2. The van der Waals surface area contributed by atoms with E-state index in [1.54, 1.807) is 14.2 Å². The molecule has 0 aliphatic carbocycles. The summed E-state index contributed by atoms with van der Waals surface area (Å²) < 4.78 is 10.9. The molecule has 156 valence electrons. The summed E-state index contributed by atoms with van der Waals surface area (Å²) in [5, 5.41) is 3.45. The third kappa shape index (κ3) is 3.12. The van der Waals surface area contributed by atoms with Crippen LogP contribution in [0, 0.1) is 0 Å². The number of fused-ring (bicyclic) bond motifs is 1. The van der Waals surface area contributed by atoms with E-state index >= 15 is 0 Å². The van der Waals surface area contributed by atoms with Gasteiger partial charge in [0, 0.05) is 42.5 Å². The van der Waals surface area contributed by atoms with E-state index in [0.29, 0.717) is 35.9 Å². The molecule has 2 heterocycles. The first kappa shape index (κ1) is 20.0. The lowest BCUT2D eigenvalue weighted by atomic mass is 9.96. The number of hydrogen-bond donors (Lipinski definition) is 1. The summed E-state index contributed by atoms with van der Waals surface area (Å²) in [7, 11) is 3.24. The molecule has 2 aliphatic rings. The minimum atomic E-state index is -0.801. The number of rotatable bonds is 4. The van der Waals surface area contributed by atoms with E-state index in [4.69, 9.17) is 14.5 Å². The van der Waals surface area contributed by atoms with Crippen molar-refractivity contribution < 1.29 is 14.3 Å². The highest BCUT2D eigenvalue weighted by Crippen LogP contribution is 2.42. The van der Waals surface area contributed by atoms with Gasteiger partial charge < -0.3 is 19.7 Å². The second-order valence-corrected chi connectivity index (χ2v) is 7.90. The van der Waals surface area contributed by atoms with Crippen molar-refractivity contribution >= 4 is 23.0 Å². The molecule has 0 saturated carbocycles. The van der Waals surface area contributed by atoms with Crippen molar-refractivity contribution in [2.75, 3.05) is 31.0 Å². The molecule has 6 nitrogen and oxygen atoms in total. The highest BCUT2D eigenvalue weighted by atomic mass is 16.5. The highest BCUT2D eigenvalue weighted by molar-refractivity contribution is 6.37. The van der Waals surface area contributed by atoms with Gasteiger partial charge in [0.25, 0.3) is 0 Å². The molecule has 2 aliphatic heterocycles. The minimum absolute atomic E-state index is 0.0480. The molecule has 0 aromatic heterocycles. The maximum absolute atomic E-state index is 13.7. The summed E-state index contributed by atoms with van der Waals surface area (Å²) in [6, 6.07) is 13.8. The average Bonchev–Trinajstić information content (AvgIpc) is 3.24. The summed E-state index contributed by atoms with van der Waals surface area (Å²) in [5.74, 6) is 2.05. The van der Waals surface area contributed by atoms with Gasteiger partial charge in [0.1, 0.15) is 22.9 Å². The van der Waals surface area contributed by atoms with Crippen LogP contribution in [0.2, 0.25) is 0 Å². The molecular formula is C24H27N3O3. The number of anilines is 2. The predicted octanol–water partition coefficient (Wildman–Crippen LogP) is 4.21. The number of benzene rings is 2. The molecule has 0 bridgehead atoms. The Labute approximate surface area is 177 Å². The van der Waals surface area contributed by atoms with Crippen LogP contribution in [0.3, 0.4) is 0 Å². The van der Waals surface area contributed by atoms with E-state index in [1.807, 2.05) is 62.1 Å². The fourth-order valence-corrected chi connectivity index (χ4v) is 4.17. The molecule has 2 aromatic rings. The smallest absolute Gasteiger partial charge is 0.193 e. The molecule has 0 atom stereocenters. The van der Waals surface area contributed by atoms with E-state index in [-0.39, 0.29) is 5.78 Å². The van der Waals surface area contributed by atoms with E-state index < -0.39 is 5.54 Å². The van der Waals surface area contributed by atoms with Crippen molar-refractivity contribution in [2.45, 2.75) is 32.7 Å². The number of methoxy groups -OCH3 is 2. The molecule has 0 unspecified atom stereocenters. The van der Waals surface area contributed by atoms with Crippen LogP contribution in [0.5, 0.6) is 11.5 Å². The number of carbonyl (C=O) groups is 1. The summed E-state index contributed by atoms with van der Waals surface area (Å²) in [6.45, 7) is 6.41. The van der Waals surface area contributed by atoms with Crippen LogP contribution in [0.4, 0.5) is 11.4 Å². The Balaban J connectivity index is 1.88. The number of ether oxygens (including phenoxy) is 2. The molecule has 4 rings (SSSR count). The van der Waals surface area contributed by atoms with Crippen LogP contribution in [0.25, 0.3) is 0 Å². The third-order valence-electron chi connectivity index (χ3n) is 5.65. The van der Waals surface area contributed by atoms with Gasteiger partial charge in [-0.05, 0) is 32.4 Å². The molecule has 1 N–H and O–H groups in total. The van der Waals surface area contributed by atoms with Crippen molar-refractivity contribution in [3.05, 3.63) is 59.3 Å².